The van der Waals surface area contributed by atoms with Crippen molar-refractivity contribution in [3.63, 3.8) is 0 Å². The monoisotopic (exact) mass is 247 g/mol. The Labute approximate surface area is 108 Å². The molecule has 0 saturated heterocycles. The van der Waals surface area contributed by atoms with Crippen molar-refractivity contribution in [3.8, 4) is 0 Å². The van der Waals surface area contributed by atoms with Gasteiger partial charge in [0.05, 0.1) is 5.56 Å². The number of carboxylic acids is 1. The first kappa shape index (κ1) is 12.9. The van der Waals surface area contributed by atoms with Crippen LogP contribution in [0.3, 0.4) is 0 Å². The van der Waals surface area contributed by atoms with Crippen LogP contribution in [0.1, 0.15) is 43.0 Å². The van der Waals surface area contributed by atoms with Crippen LogP contribution in [-0.4, -0.2) is 24.2 Å². The second kappa shape index (κ2) is 5.42. The first-order chi connectivity index (χ1) is 8.59. The Morgan fingerprint density at radius 3 is 2.39 bits per heavy atom. The summed E-state index contributed by atoms with van der Waals surface area (Å²) in [6.45, 7) is 2.31. The number of benzene rings is 1. The molecule has 0 amide bonds. The molecule has 98 valence electrons. The maximum Gasteiger partial charge on any atom is 0.335 e. The van der Waals surface area contributed by atoms with Gasteiger partial charge in [0.2, 0.25) is 0 Å². The molecule has 2 unspecified atom stereocenters. The third-order valence-corrected chi connectivity index (χ3v) is 4.09. The predicted molar refractivity (Wildman–Crippen MR) is 73.2 cm³/mol. The van der Waals surface area contributed by atoms with Gasteiger partial charge < -0.3 is 10.0 Å². The molecule has 1 aliphatic carbocycles. The second-order valence-electron chi connectivity index (χ2n) is 5.29. The molecule has 1 saturated carbocycles. The number of nitrogens with zero attached hydrogens (tertiary/aromatic N) is 1. The molecule has 1 N–H and O–H groups in total. The average Bonchev–Trinajstić information content (AvgIpc) is 2.38. The van der Waals surface area contributed by atoms with Gasteiger partial charge in [0.25, 0.3) is 0 Å². The van der Waals surface area contributed by atoms with Crippen molar-refractivity contribution < 1.29 is 9.90 Å². The van der Waals surface area contributed by atoms with Crippen LogP contribution < -0.4 is 4.90 Å². The van der Waals surface area contributed by atoms with Gasteiger partial charge in [-0.3, -0.25) is 0 Å². The first-order valence-corrected chi connectivity index (χ1v) is 6.66. The molecule has 18 heavy (non-hydrogen) atoms. The average molecular weight is 247 g/mol. The molecule has 0 aromatic heterocycles. The molecule has 0 aliphatic heterocycles. The van der Waals surface area contributed by atoms with E-state index in [-0.39, 0.29) is 0 Å². The molecule has 3 heteroatoms. The minimum atomic E-state index is -0.866. The smallest absolute Gasteiger partial charge is 0.335 e. The summed E-state index contributed by atoms with van der Waals surface area (Å²) in [6, 6.07) is 7.76. The molecule has 0 radical (unpaired) electrons. The van der Waals surface area contributed by atoms with E-state index < -0.39 is 5.97 Å². The van der Waals surface area contributed by atoms with E-state index in [1.54, 1.807) is 12.1 Å². The van der Waals surface area contributed by atoms with Gasteiger partial charge in [-0.15, -0.1) is 0 Å². The van der Waals surface area contributed by atoms with E-state index in [1.165, 1.54) is 25.7 Å². The normalized spacial score (nSPS) is 23.7. The van der Waals surface area contributed by atoms with Gasteiger partial charge in [0.15, 0.2) is 0 Å². The fourth-order valence-electron chi connectivity index (χ4n) is 2.90. The summed E-state index contributed by atoms with van der Waals surface area (Å²) >= 11 is 0. The Morgan fingerprint density at radius 2 is 1.83 bits per heavy atom. The number of anilines is 1. The highest BCUT2D eigenvalue weighted by Crippen LogP contribution is 2.30. The summed E-state index contributed by atoms with van der Waals surface area (Å²) in [5, 5.41) is 8.89. The summed E-state index contributed by atoms with van der Waals surface area (Å²) in [5.74, 6) is -0.155. The molecular weight excluding hydrogens is 226 g/mol. The van der Waals surface area contributed by atoms with Crippen LogP contribution in [0.2, 0.25) is 0 Å². The van der Waals surface area contributed by atoms with E-state index in [2.05, 4.69) is 18.9 Å². The highest BCUT2D eigenvalue weighted by atomic mass is 16.4. The van der Waals surface area contributed by atoms with E-state index in [0.29, 0.717) is 17.5 Å². The molecule has 2 atom stereocenters. The van der Waals surface area contributed by atoms with Crippen molar-refractivity contribution in [1.29, 1.82) is 0 Å². The summed E-state index contributed by atoms with van der Waals surface area (Å²) in [6.07, 6.45) is 5.16. The van der Waals surface area contributed by atoms with Crippen LogP contribution in [0.4, 0.5) is 5.69 Å². The van der Waals surface area contributed by atoms with Crippen LogP contribution in [0.15, 0.2) is 24.3 Å². The van der Waals surface area contributed by atoms with Gasteiger partial charge in [0.1, 0.15) is 0 Å². The summed E-state index contributed by atoms with van der Waals surface area (Å²) < 4.78 is 0. The number of hydrogen-bond donors (Lipinski definition) is 1. The van der Waals surface area contributed by atoms with E-state index >= 15 is 0 Å². The van der Waals surface area contributed by atoms with Gasteiger partial charge in [-0.25, -0.2) is 4.79 Å². The van der Waals surface area contributed by atoms with E-state index in [1.807, 2.05) is 12.1 Å². The SMILES string of the molecule is CC1CCCCC1N(C)c1ccc(C(=O)O)cc1. The maximum atomic E-state index is 10.8. The van der Waals surface area contributed by atoms with Gasteiger partial charge in [-0.05, 0) is 43.0 Å². The number of aromatic carboxylic acids is 1. The summed E-state index contributed by atoms with van der Waals surface area (Å²) in [7, 11) is 2.11. The molecule has 1 aromatic rings. The van der Waals surface area contributed by atoms with Crippen LogP contribution in [-0.2, 0) is 0 Å². The summed E-state index contributed by atoms with van der Waals surface area (Å²) in [5.41, 5.74) is 1.46. The van der Waals surface area contributed by atoms with Crippen molar-refractivity contribution >= 4 is 11.7 Å². The van der Waals surface area contributed by atoms with E-state index in [4.69, 9.17) is 5.11 Å². The topological polar surface area (TPSA) is 40.5 Å². The molecule has 0 spiro atoms. The minimum Gasteiger partial charge on any atom is -0.478 e. The second-order valence-corrected chi connectivity index (χ2v) is 5.29. The lowest BCUT2D eigenvalue weighted by Gasteiger charge is -2.37. The van der Waals surface area contributed by atoms with E-state index in [0.717, 1.165) is 5.69 Å². The molecule has 3 nitrogen and oxygen atoms in total. The van der Waals surface area contributed by atoms with Crippen molar-refractivity contribution in [2.45, 2.75) is 38.6 Å². The number of carboxylic acid groups (broad SMARTS) is 1. The van der Waals surface area contributed by atoms with Gasteiger partial charge in [0, 0.05) is 18.8 Å². The molecule has 0 heterocycles. The van der Waals surface area contributed by atoms with Crippen molar-refractivity contribution in [2.24, 2.45) is 5.92 Å². The predicted octanol–water partition coefficient (Wildman–Crippen LogP) is 3.40. The van der Waals surface area contributed by atoms with Gasteiger partial charge in [-0.1, -0.05) is 19.8 Å². The van der Waals surface area contributed by atoms with Crippen LogP contribution in [0, 0.1) is 5.92 Å². The Balaban J connectivity index is 2.12. The minimum absolute atomic E-state index is 0.351. The molecule has 1 fully saturated rings. The molecule has 1 aromatic carbocycles. The lowest BCUT2D eigenvalue weighted by molar-refractivity contribution is 0.0697. The van der Waals surface area contributed by atoms with Crippen LogP contribution in [0.5, 0.6) is 0 Å². The Kier molecular flexibility index (Phi) is 3.90. The quantitative estimate of drug-likeness (QED) is 0.890. The van der Waals surface area contributed by atoms with E-state index in [9.17, 15) is 4.79 Å². The Morgan fingerprint density at radius 1 is 1.22 bits per heavy atom. The number of carbonyl (C=O) groups is 1. The zero-order valence-corrected chi connectivity index (χ0v) is 11.1. The molecule has 1 aliphatic rings. The van der Waals surface area contributed by atoms with Crippen LogP contribution in [0.25, 0.3) is 0 Å². The highest BCUT2D eigenvalue weighted by Gasteiger charge is 2.25. The fourth-order valence-corrected chi connectivity index (χ4v) is 2.90. The van der Waals surface area contributed by atoms with Gasteiger partial charge in [-0.2, -0.15) is 0 Å². The van der Waals surface area contributed by atoms with Crippen molar-refractivity contribution in [2.75, 3.05) is 11.9 Å². The zero-order valence-electron chi connectivity index (χ0n) is 11.1. The molecule has 0 bridgehead atoms. The largest absolute Gasteiger partial charge is 0.478 e. The standard InChI is InChI=1S/C15H21NO2/c1-11-5-3-4-6-14(11)16(2)13-9-7-12(8-10-13)15(17)18/h7-11,14H,3-6H2,1-2H3,(H,17,18). The number of rotatable bonds is 3. The Hall–Kier alpha value is -1.51. The maximum absolute atomic E-state index is 10.8. The van der Waals surface area contributed by atoms with Gasteiger partial charge >= 0.3 is 5.97 Å². The summed E-state index contributed by atoms with van der Waals surface area (Å²) in [4.78, 5) is 13.1. The molecular formula is C15H21NO2. The first-order valence-electron chi connectivity index (χ1n) is 6.66. The number of hydrogen-bond acceptors (Lipinski definition) is 2. The van der Waals surface area contributed by atoms with Crippen molar-refractivity contribution in [3.05, 3.63) is 29.8 Å². The fraction of sp³-hybridized carbons (Fsp3) is 0.533. The zero-order chi connectivity index (χ0) is 13.1. The Bertz CT molecular complexity index is 413. The van der Waals surface area contributed by atoms with Crippen LogP contribution >= 0.6 is 0 Å². The third-order valence-electron chi connectivity index (χ3n) is 4.09. The lowest BCUT2D eigenvalue weighted by atomic mass is 9.85. The van der Waals surface area contributed by atoms with Crippen molar-refractivity contribution in [1.82, 2.24) is 0 Å². The molecule has 2 rings (SSSR count). The third kappa shape index (κ3) is 2.66. The lowest BCUT2D eigenvalue weighted by Crippen LogP contribution is -2.38. The highest BCUT2D eigenvalue weighted by molar-refractivity contribution is 5.88.